The predicted molar refractivity (Wildman–Crippen MR) is 86.5 cm³/mol. The van der Waals surface area contributed by atoms with Crippen molar-refractivity contribution in [2.75, 3.05) is 26.5 Å². The van der Waals surface area contributed by atoms with E-state index in [-0.39, 0.29) is 6.04 Å². The number of pyridine rings is 1. The van der Waals surface area contributed by atoms with Crippen LogP contribution in [0.3, 0.4) is 0 Å². The van der Waals surface area contributed by atoms with Crippen molar-refractivity contribution in [1.29, 1.82) is 0 Å². The van der Waals surface area contributed by atoms with E-state index < -0.39 is 10.0 Å². The van der Waals surface area contributed by atoms with Gasteiger partial charge in [0, 0.05) is 36.5 Å². The molecule has 1 atom stereocenters. The molecule has 0 radical (unpaired) electrons. The van der Waals surface area contributed by atoms with Gasteiger partial charge in [-0.15, -0.1) is 0 Å². The average Bonchev–Trinajstić information content (AvgIpc) is 2.41. The fourth-order valence-corrected chi connectivity index (χ4v) is 3.84. The summed E-state index contributed by atoms with van der Waals surface area (Å²) in [7, 11) is -1.48. The molecule has 1 aliphatic heterocycles. The van der Waals surface area contributed by atoms with Crippen molar-refractivity contribution < 1.29 is 13.2 Å². The molecule has 124 valence electrons. The van der Waals surface area contributed by atoms with E-state index in [0.29, 0.717) is 13.1 Å². The Morgan fingerprint density at radius 3 is 2.82 bits per heavy atom. The number of hydrogen-bond acceptors (Lipinski definition) is 5. The Morgan fingerprint density at radius 2 is 2.18 bits per heavy atom. The number of hydrogen-bond donors (Lipinski definition) is 1. The van der Waals surface area contributed by atoms with E-state index in [0.717, 1.165) is 42.0 Å². The number of ether oxygens (including phenoxy) is 1. The molecule has 1 N–H and O–H groups in total. The van der Waals surface area contributed by atoms with Gasteiger partial charge in [-0.25, -0.2) is 13.1 Å². The minimum atomic E-state index is -3.16. The number of nitrogens with one attached hydrogen (secondary N) is 1. The van der Waals surface area contributed by atoms with Crippen LogP contribution in [0.15, 0.2) is 6.20 Å². The first-order chi connectivity index (χ1) is 10.3. The second kappa shape index (κ2) is 6.93. The van der Waals surface area contributed by atoms with Gasteiger partial charge >= 0.3 is 0 Å². The molecule has 22 heavy (non-hydrogen) atoms. The van der Waals surface area contributed by atoms with Gasteiger partial charge in [-0.2, -0.15) is 0 Å². The van der Waals surface area contributed by atoms with E-state index in [9.17, 15) is 8.42 Å². The van der Waals surface area contributed by atoms with Crippen molar-refractivity contribution in [2.45, 2.75) is 39.3 Å². The van der Waals surface area contributed by atoms with E-state index in [2.05, 4.69) is 14.6 Å². The highest BCUT2D eigenvalue weighted by atomic mass is 32.2. The second-order valence-corrected chi connectivity index (χ2v) is 7.79. The molecular formula is C15H25N3O3S. The number of aromatic nitrogens is 1. The smallest absolute Gasteiger partial charge is 0.208 e. The van der Waals surface area contributed by atoms with Crippen molar-refractivity contribution in [2.24, 2.45) is 0 Å². The normalized spacial score (nSPS) is 20.1. The minimum Gasteiger partial charge on any atom is -0.496 e. The quantitative estimate of drug-likeness (QED) is 0.880. The Kier molecular flexibility index (Phi) is 5.41. The van der Waals surface area contributed by atoms with E-state index in [1.807, 2.05) is 20.0 Å². The van der Waals surface area contributed by atoms with Gasteiger partial charge < -0.3 is 4.74 Å². The topological polar surface area (TPSA) is 71.5 Å². The molecule has 0 bridgehead atoms. The maximum atomic E-state index is 11.4. The fourth-order valence-electron chi connectivity index (χ4n) is 3.04. The second-order valence-electron chi connectivity index (χ2n) is 6.01. The van der Waals surface area contributed by atoms with Gasteiger partial charge in [0.25, 0.3) is 0 Å². The van der Waals surface area contributed by atoms with E-state index >= 15 is 0 Å². The van der Waals surface area contributed by atoms with Gasteiger partial charge in [0.2, 0.25) is 10.0 Å². The van der Waals surface area contributed by atoms with Gasteiger partial charge in [-0.1, -0.05) is 0 Å². The van der Waals surface area contributed by atoms with Crippen LogP contribution in [-0.4, -0.2) is 50.8 Å². The lowest BCUT2D eigenvalue weighted by Gasteiger charge is -2.32. The van der Waals surface area contributed by atoms with Gasteiger partial charge in [0.1, 0.15) is 5.75 Å². The summed E-state index contributed by atoms with van der Waals surface area (Å²) in [5.74, 6) is 0.882. The van der Waals surface area contributed by atoms with Crippen molar-refractivity contribution in [1.82, 2.24) is 14.6 Å². The molecule has 0 spiro atoms. The van der Waals surface area contributed by atoms with Crippen LogP contribution in [0, 0.1) is 13.8 Å². The average molecular weight is 327 g/mol. The summed E-state index contributed by atoms with van der Waals surface area (Å²) < 4.78 is 30.9. The van der Waals surface area contributed by atoms with Crippen molar-refractivity contribution in [3.63, 3.8) is 0 Å². The number of piperidine rings is 1. The molecule has 0 saturated carbocycles. The summed E-state index contributed by atoms with van der Waals surface area (Å²) >= 11 is 0. The number of likely N-dealkylation sites (tertiary alicyclic amines) is 1. The molecule has 1 unspecified atom stereocenters. The van der Waals surface area contributed by atoms with Crippen LogP contribution in [-0.2, 0) is 16.6 Å². The molecule has 7 heteroatoms. The molecule has 1 saturated heterocycles. The molecule has 1 fully saturated rings. The Morgan fingerprint density at radius 1 is 1.45 bits per heavy atom. The summed E-state index contributed by atoms with van der Waals surface area (Å²) in [5, 5.41) is 0. The van der Waals surface area contributed by atoms with Gasteiger partial charge in [0.05, 0.1) is 19.1 Å². The number of rotatable bonds is 5. The molecule has 0 aromatic carbocycles. The minimum absolute atomic E-state index is 0.0172. The zero-order valence-electron chi connectivity index (χ0n) is 13.7. The highest BCUT2D eigenvalue weighted by Gasteiger charge is 2.23. The first-order valence-electron chi connectivity index (χ1n) is 7.49. The molecule has 1 aromatic rings. The van der Waals surface area contributed by atoms with Gasteiger partial charge in [-0.05, 0) is 33.2 Å². The fraction of sp³-hybridized carbons (Fsp3) is 0.667. The van der Waals surface area contributed by atoms with Crippen molar-refractivity contribution in [3.05, 3.63) is 23.0 Å². The summed E-state index contributed by atoms with van der Waals surface area (Å²) in [6.45, 7) is 6.38. The zero-order chi connectivity index (χ0) is 16.3. The summed E-state index contributed by atoms with van der Waals surface area (Å²) in [5.41, 5.74) is 3.07. The lowest BCUT2D eigenvalue weighted by molar-refractivity contribution is 0.192. The molecule has 0 aliphatic carbocycles. The summed E-state index contributed by atoms with van der Waals surface area (Å²) in [6.07, 6.45) is 4.91. The maximum Gasteiger partial charge on any atom is 0.208 e. The third kappa shape index (κ3) is 4.41. The third-order valence-electron chi connectivity index (χ3n) is 4.01. The predicted octanol–water partition coefficient (Wildman–Crippen LogP) is 1.22. The molecule has 2 heterocycles. The van der Waals surface area contributed by atoms with E-state index in [4.69, 9.17) is 4.74 Å². The third-order valence-corrected chi connectivity index (χ3v) is 4.77. The van der Waals surface area contributed by atoms with E-state index in [1.165, 1.54) is 6.26 Å². The van der Waals surface area contributed by atoms with E-state index in [1.54, 1.807) is 7.11 Å². The van der Waals surface area contributed by atoms with Crippen LogP contribution < -0.4 is 9.46 Å². The standard InChI is InChI=1S/C15H25N3O3S/c1-11-8-16-14(12(2)15(11)21-3)10-18-7-5-6-13(9-18)17-22(4,19)20/h8,13,17H,5-7,9-10H2,1-4H3. The van der Waals surface area contributed by atoms with Crippen molar-refractivity contribution in [3.8, 4) is 5.75 Å². The van der Waals surface area contributed by atoms with Crippen LogP contribution in [0.4, 0.5) is 0 Å². The molecule has 1 aromatic heterocycles. The van der Waals surface area contributed by atoms with Crippen LogP contribution >= 0.6 is 0 Å². The Labute approximate surface area is 132 Å². The molecule has 1 aliphatic rings. The summed E-state index contributed by atoms with van der Waals surface area (Å²) in [6, 6.07) is -0.0172. The number of methoxy groups -OCH3 is 1. The first kappa shape index (κ1) is 17.2. The molecule has 0 amide bonds. The Balaban J connectivity index is 2.07. The molecule has 2 rings (SSSR count). The number of sulfonamides is 1. The largest absolute Gasteiger partial charge is 0.496 e. The van der Waals surface area contributed by atoms with Crippen LogP contribution in [0.1, 0.15) is 29.7 Å². The van der Waals surface area contributed by atoms with Gasteiger partial charge in [-0.3, -0.25) is 9.88 Å². The highest BCUT2D eigenvalue weighted by molar-refractivity contribution is 7.88. The van der Waals surface area contributed by atoms with Crippen LogP contribution in [0.2, 0.25) is 0 Å². The Hall–Kier alpha value is -1.18. The van der Waals surface area contributed by atoms with Crippen LogP contribution in [0.25, 0.3) is 0 Å². The first-order valence-corrected chi connectivity index (χ1v) is 9.38. The van der Waals surface area contributed by atoms with Crippen molar-refractivity contribution >= 4 is 10.0 Å². The maximum absolute atomic E-state index is 11.4. The molecular weight excluding hydrogens is 302 g/mol. The van der Waals surface area contributed by atoms with Crippen LogP contribution in [0.5, 0.6) is 5.75 Å². The number of aryl methyl sites for hydroxylation is 1. The Bertz CT molecular complexity index is 631. The number of nitrogens with zero attached hydrogens (tertiary/aromatic N) is 2. The zero-order valence-corrected chi connectivity index (χ0v) is 14.5. The lowest BCUT2D eigenvalue weighted by Crippen LogP contribution is -2.47. The van der Waals surface area contributed by atoms with Gasteiger partial charge in [0.15, 0.2) is 0 Å². The molecule has 6 nitrogen and oxygen atoms in total. The summed E-state index contributed by atoms with van der Waals surface area (Å²) in [4.78, 5) is 6.77. The highest BCUT2D eigenvalue weighted by Crippen LogP contribution is 2.25. The monoisotopic (exact) mass is 327 g/mol. The SMILES string of the molecule is COc1c(C)cnc(CN2CCCC(NS(C)(=O)=O)C2)c1C. The lowest BCUT2D eigenvalue weighted by atomic mass is 10.1.